The molecule has 1 saturated heterocycles. The van der Waals surface area contributed by atoms with Gasteiger partial charge in [-0.25, -0.2) is 9.97 Å². The fraction of sp³-hybridized carbons (Fsp3) is 0.476. The van der Waals surface area contributed by atoms with E-state index in [4.69, 9.17) is 4.74 Å². The van der Waals surface area contributed by atoms with Crippen molar-refractivity contribution < 1.29 is 9.53 Å². The van der Waals surface area contributed by atoms with Gasteiger partial charge in [-0.1, -0.05) is 12.1 Å². The molecule has 0 saturated carbocycles. The number of nitrogens with one attached hydrogen (secondary N) is 1. The predicted molar refractivity (Wildman–Crippen MR) is 108 cm³/mol. The number of ether oxygens (including phenoxy) is 1. The van der Waals surface area contributed by atoms with Crippen molar-refractivity contribution in [3.8, 4) is 5.75 Å². The Morgan fingerprint density at radius 3 is 2.86 bits per heavy atom. The number of carbonyl (C=O) groups excluding carboxylic acids is 1. The minimum atomic E-state index is 0.342. The maximum atomic E-state index is 11.2. The zero-order valence-electron chi connectivity index (χ0n) is 16.5. The molecule has 28 heavy (non-hydrogen) atoms. The first-order chi connectivity index (χ1) is 13.7. The number of benzene rings is 1. The van der Waals surface area contributed by atoms with E-state index in [2.05, 4.69) is 50.2 Å². The number of hydrogen-bond donors (Lipinski definition) is 1. The summed E-state index contributed by atoms with van der Waals surface area (Å²) in [5.74, 6) is 1.75. The SMILES string of the molecule is CNCc1nc(N2CCN(C(C)c3ccc4c(c3)OCC4)CC2)ncc1C=O. The predicted octanol–water partition coefficient (Wildman–Crippen LogP) is 1.83. The molecule has 2 aromatic rings. The second kappa shape index (κ2) is 8.24. The summed E-state index contributed by atoms with van der Waals surface area (Å²) in [7, 11) is 1.85. The molecule has 0 bridgehead atoms. The third kappa shape index (κ3) is 3.72. The number of fused-ring (bicyclic) bond motifs is 1. The molecule has 0 spiro atoms. The summed E-state index contributed by atoms with van der Waals surface area (Å²) in [6, 6.07) is 6.98. The molecule has 7 nitrogen and oxygen atoms in total. The fourth-order valence-corrected chi connectivity index (χ4v) is 3.94. The van der Waals surface area contributed by atoms with Crippen molar-refractivity contribution in [2.45, 2.75) is 25.9 Å². The Bertz CT molecular complexity index is 849. The summed E-state index contributed by atoms with van der Waals surface area (Å²) in [6.07, 6.45) is 3.46. The minimum Gasteiger partial charge on any atom is -0.493 e. The van der Waals surface area contributed by atoms with Gasteiger partial charge in [-0.2, -0.15) is 0 Å². The third-order valence-corrected chi connectivity index (χ3v) is 5.71. The van der Waals surface area contributed by atoms with Gasteiger partial charge in [-0.3, -0.25) is 9.69 Å². The Balaban J connectivity index is 1.42. The fourth-order valence-electron chi connectivity index (χ4n) is 3.94. The zero-order valence-corrected chi connectivity index (χ0v) is 16.5. The number of hydrogen-bond acceptors (Lipinski definition) is 7. The molecule has 4 rings (SSSR count). The van der Waals surface area contributed by atoms with Gasteiger partial charge in [0.15, 0.2) is 6.29 Å². The molecule has 7 heteroatoms. The topological polar surface area (TPSA) is 70.6 Å². The normalized spacial score (nSPS) is 17.9. The van der Waals surface area contributed by atoms with Gasteiger partial charge in [0.2, 0.25) is 5.95 Å². The average Bonchev–Trinajstić information content (AvgIpc) is 3.21. The molecule has 2 aliphatic rings. The molecule has 1 aromatic carbocycles. The van der Waals surface area contributed by atoms with E-state index in [1.807, 2.05) is 7.05 Å². The van der Waals surface area contributed by atoms with E-state index in [0.717, 1.165) is 56.9 Å². The number of anilines is 1. The van der Waals surface area contributed by atoms with Gasteiger partial charge in [0.25, 0.3) is 0 Å². The van der Waals surface area contributed by atoms with Gasteiger partial charge >= 0.3 is 0 Å². The van der Waals surface area contributed by atoms with Gasteiger partial charge in [0, 0.05) is 51.4 Å². The molecule has 3 heterocycles. The van der Waals surface area contributed by atoms with E-state index in [1.54, 1.807) is 6.20 Å². The van der Waals surface area contributed by atoms with Gasteiger partial charge in [0.1, 0.15) is 5.75 Å². The number of piperazine rings is 1. The van der Waals surface area contributed by atoms with Crippen molar-refractivity contribution in [1.29, 1.82) is 0 Å². The Labute approximate surface area is 165 Å². The summed E-state index contributed by atoms with van der Waals surface area (Å²) in [5.41, 5.74) is 3.91. The van der Waals surface area contributed by atoms with Gasteiger partial charge in [0.05, 0.1) is 17.9 Å². The van der Waals surface area contributed by atoms with Crippen LogP contribution in [0.3, 0.4) is 0 Å². The van der Waals surface area contributed by atoms with Crippen molar-refractivity contribution in [2.75, 3.05) is 44.7 Å². The summed E-state index contributed by atoms with van der Waals surface area (Å²) in [4.78, 5) is 24.9. The van der Waals surface area contributed by atoms with Crippen molar-refractivity contribution in [2.24, 2.45) is 0 Å². The second-order valence-electron chi connectivity index (χ2n) is 7.38. The molecule has 1 N–H and O–H groups in total. The molecule has 2 aliphatic heterocycles. The van der Waals surface area contributed by atoms with Crippen molar-refractivity contribution in [3.63, 3.8) is 0 Å². The molecule has 1 unspecified atom stereocenters. The van der Waals surface area contributed by atoms with E-state index < -0.39 is 0 Å². The maximum absolute atomic E-state index is 11.2. The molecule has 0 amide bonds. The highest BCUT2D eigenvalue weighted by molar-refractivity contribution is 5.76. The van der Waals surface area contributed by atoms with Crippen LogP contribution in [0, 0.1) is 0 Å². The molecule has 148 valence electrons. The smallest absolute Gasteiger partial charge is 0.225 e. The summed E-state index contributed by atoms with van der Waals surface area (Å²) in [6.45, 7) is 7.23. The van der Waals surface area contributed by atoms with Gasteiger partial charge in [-0.05, 0) is 31.2 Å². The number of nitrogens with zero attached hydrogens (tertiary/aromatic N) is 4. The first-order valence-electron chi connectivity index (χ1n) is 9.90. The highest BCUT2D eigenvalue weighted by atomic mass is 16.5. The lowest BCUT2D eigenvalue weighted by Crippen LogP contribution is -2.47. The van der Waals surface area contributed by atoms with E-state index in [0.29, 0.717) is 24.1 Å². The third-order valence-electron chi connectivity index (χ3n) is 5.71. The highest BCUT2D eigenvalue weighted by Gasteiger charge is 2.25. The van der Waals surface area contributed by atoms with E-state index >= 15 is 0 Å². The van der Waals surface area contributed by atoms with Crippen LogP contribution in [-0.4, -0.2) is 61.0 Å². The van der Waals surface area contributed by atoms with E-state index in [1.165, 1.54) is 11.1 Å². The lowest BCUT2D eigenvalue weighted by molar-refractivity contribution is 0.112. The van der Waals surface area contributed by atoms with E-state index in [-0.39, 0.29) is 0 Å². The van der Waals surface area contributed by atoms with Crippen molar-refractivity contribution >= 4 is 12.2 Å². The van der Waals surface area contributed by atoms with Crippen LogP contribution in [-0.2, 0) is 13.0 Å². The lowest BCUT2D eigenvalue weighted by atomic mass is 10.0. The van der Waals surface area contributed by atoms with Crippen LogP contribution in [0.5, 0.6) is 5.75 Å². The molecular weight excluding hydrogens is 354 g/mol. The van der Waals surface area contributed by atoms with Crippen LogP contribution in [0.15, 0.2) is 24.4 Å². The van der Waals surface area contributed by atoms with Crippen LogP contribution in [0.4, 0.5) is 5.95 Å². The van der Waals surface area contributed by atoms with Crippen molar-refractivity contribution in [3.05, 3.63) is 46.8 Å². The molecule has 1 fully saturated rings. The first kappa shape index (κ1) is 18.8. The Kier molecular flexibility index (Phi) is 5.54. The summed E-state index contributed by atoms with van der Waals surface area (Å²) >= 11 is 0. The average molecular weight is 381 g/mol. The molecule has 0 aliphatic carbocycles. The van der Waals surface area contributed by atoms with Crippen LogP contribution in [0.1, 0.15) is 40.1 Å². The molecule has 1 atom stereocenters. The van der Waals surface area contributed by atoms with Crippen molar-refractivity contribution in [1.82, 2.24) is 20.2 Å². The Morgan fingerprint density at radius 2 is 2.11 bits per heavy atom. The highest BCUT2D eigenvalue weighted by Crippen LogP contribution is 2.31. The number of carbonyl (C=O) groups is 1. The molecule has 1 aromatic heterocycles. The maximum Gasteiger partial charge on any atom is 0.225 e. The number of aromatic nitrogens is 2. The van der Waals surface area contributed by atoms with Crippen LogP contribution >= 0.6 is 0 Å². The first-order valence-corrected chi connectivity index (χ1v) is 9.90. The van der Waals surface area contributed by atoms with Gasteiger partial charge in [-0.15, -0.1) is 0 Å². The number of rotatable bonds is 6. The van der Waals surface area contributed by atoms with Crippen LogP contribution in [0.2, 0.25) is 0 Å². The minimum absolute atomic E-state index is 0.342. The Morgan fingerprint density at radius 1 is 1.29 bits per heavy atom. The van der Waals surface area contributed by atoms with E-state index in [9.17, 15) is 4.79 Å². The lowest BCUT2D eigenvalue weighted by Gasteiger charge is -2.38. The van der Waals surface area contributed by atoms with Crippen LogP contribution < -0.4 is 15.0 Å². The van der Waals surface area contributed by atoms with Gasteiger partial charge < -0.3 is 15.0 Å². The quantitative estimate of drug-likeness (QED) is 0.766. The zero-order chi connectivity index (χ0) is 19.5. The summed E-state index contributed by atoms with van der Waals surface area (Å²) in [5, 5.41) is 3.06. The number of aldehydes is 1. The van der Waals surface area contributed by atoms with Crippen LogP contribution in [0.25, 0.3) is 0 Å². The monoisotopic (exact) mass is 381 g/mol. The Hall–Kier alpha value is -2.51. The summed E-state index contributed by atoms with van der Waals surface area (Å²) < 4.78 is 5.73. The molecular formula is C21H27N5O2. The standard InChI is InChI=1S/C21H27N5O2/c1-15(17-4-3-16-5-10-28-20(16)11-17)25-6-8-26(9-7-25)21-23-12-18(14-27)19(24-21)13-22-2/h3-4,11-12,14-15,22H,5-10,13H2,1-2H3. The second-order valence-corrected chi connectivity index (χ2v) is 7.38. The largest absolute Gasteiger partial charge is 0.493 e. The molecule has 0 radical (unpaired) electrons.